The molecule has 0 heterocycles. The minimum Gasteiger partial charge on any atom is -0.385 e. The third-order valence-electron chi connectivity index (χ3n) is 3.16. The Morgan fingerprint density at radius 2 is 2.16 bits per heavy atom. The van der Waals surface area contributed by atoms with Crippen molar-refractivity contribution in [2.45, 2.75) is 26.8 Å². The van der Waals surface area contributed by atoms with E-state index in [4.69, 9.17) is 4.74 Å². The van der Waals surface area contributed by atoms with Crippen molar-refractivity contribution in [1.82, 2.24) is 4.90 Å². The number of benzene rings is 1. The Labute approximate surface area is 115 Å². The van der Waals surface area contributed by atoms with Crippen molar-refractivity contribution < 1.29 is 9.53 Å². The Bertz CT molecular complexity index is 432. The number of nitrogens with zero attached hydrogens (tertiary/aromatic N) is 1. The van der Waals surface area contributed by atoms with Crippen LogP contribution in [0.3, 0.4) is 0 Å². The van der Waals surface area contributed by atoms with E-state index < -0.39 is 0 Å². The number of hydrogen-bond donors (Lipinski definition) is 1. The molecular weight excluding hydrogens is 240 g/mol. The first kappa shape index (κ1) is 15.5. The van der Waals surface area contributed by atoms with Gasteiger partial charge in [-0.15, -0.1) is 0 Å². The van der Waals surface area contributed by atoms with E-state index in [1.54, 1.807) is 12.0 Å². The zero-order valence-electron chi connectivity index (χ0n) is 12.5. The van der Waals surface area contributed by atoms with Crippen LogP contribution in [0.4, 0.5) is 5.69 Å². The summed E-state index contributed by atoms with van der Waals surface area (Å²) in [5.74, 6) is 0.0144. The van der Waals surface area contributed by atoms with E-state index in [9.17, 15) is 4.79 Å². The van der Waals surface area contributed by atoms with Crippen LogP contribution in [0.5, 0.6) is 0 Å². The average Bonchev–Trinajstić information content (AvgIpc) is 2.38. The number of ether oxygens (including phenoxy) is 1. The Morgan fingerprint density at radius 1 is 1.47 bits per heavy atom. The molecule has 0 spiro atoms. The first-order valence-corrected chi connectivity index (χ1v) is 6.61. The molecule has 4 heteroatoms. The molecule has 106 valence electrons. The van der Waals surface area contributed by atoms with Crippen LogP contribution in [0, 0.1) is 6.92 Å². The fourth-order valence-corrected chi connectivity index (χ4v) is 1.92. The lowest BCUT2D eigenvalue weighted by Crippen LogP contribution is -2.38. The van der Waals surface area contributed by atoms with Gasteiger partial charge in [0.05, 0.1) is 18.2 Å². The van der Waals surface area contributed by atoms with Crippen LogP contribution < -0.4 is 5.32 Å². The summed E-state index contributed by atoms with van der Waals surface area (Å²) in [7, 11) is 3.45. The van der Waals surface area contributed by atoms with Gasteiger partial charge in [-0.05, 0) is 38.5 Å². The van der Waals surface area contributed by atoms with Crippen molar-refractivity contribution in [2.24, 2.45) is 0 Å². The van der Waals surface area contributed by atoms with Gasteiger partial charge in [0.15, 0.2) is 0 Å². The predicted octanol–water partition coefficient (Wildman–Crippen LogP) is 2.53. The molecule has 0 fully saturated rings. The SMILES string of the molecule is CCNc1cc(C)ccc1C(=O)N(C)C(C)COC. The minimum atomic E-state index is 0.0144. The molecule has 0 bridgehead atoms. The molecule has 0 aliphatic heterocycles. The molecular formula is C15H24N2O2. The van der Waals surface area contributed by atoms with E-state index in [1.807, 2.05) is 46.0 Å². The lowest BCUT2D eigenvalue weighted by atomic mass is 10.1. The van der Waals surface area contributed by atoms with E-state index in [1.165, 1.54) is 0 Å². The molecule has 0 radical (unpaired) electrons. The maximum absolute atomic E-state index is 12.5. The molecule has 4 nitrogen and oxygen atoms in total. The summed E-state index contributed by atoms with van der Waals surface area (Å²) in [6, 6.07) is 5.90. The Kier molecular flexibility index (Phi) is 5.83. The number of carbonyl (C=O) groups excluding carboxylic acids is 1. The van der Waals surface area contributed by atoms with E-state index in [0.29, 0.717) is 12.2 Å². The largest absolute Gasteiger partial charge is 0.385 e. The molecule has 0 saturated heterocycles. The lowest BCUT2D eigenvalue weighted by molar-refractivity contribution is 0.0634. The van der Waals surface area contributed by atoms with Crippen LogP contribution in [0.15, 0.2) is 18.2 Å². The van der Waals surface area contributed by atoms with Gasteiger partial charge < -0.3 is 15.0 Å². The number of hydrogen-bond acceptors (Lipinski definition) is 3. The third kappa shape index (κ3) is 3.96. The fourth-order valence-electron chi connectivity index (χ4n) is 1.92. The first-order chi connectivity index (χ1) is 9.01. The number of anilines is 1. The normalized spacial score (nSPS) is 12.1. The second-order valence-electron chi connectivity index (χ2n) is 4.80. The highest BCUT2D eigenvalue weighted by Crippen LogP contribution is 2.20. The first-order valence-electron chi connectivity index (χ1n) is 6.61. The zero-order valence-corrected chi connectivity index (χ0v) is 12.5. The van der Waals surface area contributed by atoms with E-state index >= 15 is 0 Å². The van der Waals surface area contributed by atoms with Crippen molar-refractivity contribution >= 4 is 11.6 Å². The number of carbonyl (C=O) groups is 1. The summed E-state index contributed by atoms with van der Waals surface area (Å²) < 4.78 is 5.10. The Balaban J connectivity index is 2.98. The predicted molar refractivity (Wildman–Crippen MR) is 78.8 cm³/mol. The fraction of sp³-hybridized carbons (Fsp3) is 0.533. The molecule has 0 saturated carbocycles. The zero-order chi connectivity index (χ0) is 14.4. The highest BCUT2D eigenvalue weighted by molar-refractivity contribution is 5.99. The van der Waals surface area contributed by atoms with Crippen molar-refractivity contribution in [3.8, 4) is 0 Å². The van der Waals surface area contributed by atoms with Crippen LogP contribution in [0.25, 0.3) is 0 Å². The molecule has 19 heavy (non-hydrogen) atoms. The number of amides is 1. The van der Waals surface area contributed by atoms with Gasteiger partial charge in [-0.3, -0.25) is 4.79 Å². The molecule has 1 unspecified atom stereocenters. The summed E-state index contributed by atoms with van der Waals surface area (Å²) in [6.45, 7) is 7.34. The van der Waals surface area contributed by atoms with Crippen LogP contribution in [-0.4, -0.2) is 44.2 Å². The lowest BCUT2D eigenvalue weighted by Gasteiger charge is -2.25. The summed E-state index contributed by atoms with van der Waals surface area (Å²) in [5, 5.41) is 3.24. The van der Waals surface area contributed by atoms with Gasteiger partial charge in [0, 0.05) is 26.4 Å². The number of aryl methyl sites for hydroxylation is 1. The maximum Gasteiger partial charge on any atom is 0.256 e. The molecule has 0 aromatic heterocycles. The van der Waals surface area contributed by atoms with Gasteiger partial charge in [0.1, 0.15) is 0 Å². The molecule has 1 rings (SSSR count). The van der Waals surface area contributed by atoms with Gasteiger partial charge in [0.2, 0.25) is 0 Å². The molecule has 1 N–H and O–H groups in total. The highest BCUT2D eigenvalue weighted by Gasteiger charge is 2.19. The summed E-state index contributed by atoms with van der Waals surface area (Å²) in [5.41, 5.74) is 2.74. The Hall–Kier alpha value is -1.55. The number of methoxy groups -OCH3 is 1. The topological polar surface area (TPSA) is 41.6 Å². The molecule has 1 atom stereocenters. The van der Waals surface area contributed by atoms with Gasteiger partial charge in [-0.2, -0.15) is 0 Å². The number of nitrogens with one attached hydrogen (secondary N) is 1. The average molecular weight is 264 g/mol. The van der Waals surface area contributed by atoms with E-state index in [2.05, 4.69) is 5.32 Å². The van der Waals surface area contributed by atoms with Gasteiger partial charge in [0.25, 0.3) is 5.91 Å². The monoisotopic (exact) mass is 264 g/mol. The van der Waals surface area contributed by atoms with Crippen molar-refractivity contribution in [3.63, 3.8) is 0 Å². The van der Waals surface area contributed by atoms with Crippen molar-refractivity contribution in [3.05, 3.63) is 29.3 Å². The van der Waals surface area contributed by atoms with Crippen molar-refractivity contribution in [1.29, 1.82) is 0 Å². The minimum absolute atomic E-state index is 0.0144. The molecule has 1 amide bonds. The van der Waals surface area contributed by atoms with E-state index in [0.717, 1.165) is 17.8 Å². The van der Waals surface area contributed by atoms with Crippen LogP contribution in [0.1, 0.15) is 29.8 Å². The van der Waals surface area contributed by atoms with Gasteiger partial charge in [-0.25, -0.2) is 0 Å². The summed E-state index contributed by atoms with van der Waals surface area (Å²) >= 11 is 0. The molecule has 0 aliphatic rings. The standard InChI is InChI=1S/C15H24N2O2/c1-6-16-14-9-11(2)7-8-13(14)15(18)17(4)12(3)10-19-5/h7-9,12,16H,6,10H2,1-5H3. The quantitative estimate of drug-likeness (QED) is 0.858. The molecule has 1 aromatic rings. The number of likely N-dealkylation sites (N-methyl/N-ethyl adjacent to an activating group) is 1. The van der Waals surface area contributed by atoms with Crippen LogP contribution in [0.2, 0.25) is 0 Å². The van der Waals surface area contributed by atoms with Gasteiger partial charge >= 0.3 is 0 Å². The van der Waals surface area contributed by atoms with Crippen LogP contribution in [-0.2, 0) is 4.74 Å². The number of rotatable bonds is 6. The summed E-state index contributed by atoms with van der Waals surface area (Å²) in [6.07, 6.45) is 0. The smallest absolute Gasteiger partial charge is 0.256 e. The van der Waals surface area contributed by atoms with Crippen LogP contribution >= 0.6 is 0 Å². The van der Waals surface area contributed by atoms with E-state index in [-0.39, 0.29) is 11.9 Å². The Morgan fingerprint density at radius 3 is 2.74 bits per heavy atom. The van der Waals surface area contributed by atoms with Gasteiger partial charge in [-0.1, -0.05) is 6.07 Å². The van der Waals surface area contributed by atoms with Crippen molar-refractivity contribution in [2.75, 3.05) is 32.6 Å². The maximum atomic E-state index is 12.5. The highest BCUT2D eigenvalue weighted by atomic mass is 16.5. The third-order valence-corrected chi connectivity index (χ3v) is 3.16. The summed E-state index contributed by atoms with van der Waals surface area (Å²) in [4.78, 5) is 14.2. The second kappa shape index (κ2) is 7.14. The molecule has 0 aliphatic carbocycles. The second-order valence-corrected chi connectivity index (χ2v) is 4.80. The molecule has 1 aromatic carbocycles.